The molecule has 1 N–H and O–H groups in total. The Labute approximate surface area is 178 Å². The number of anilines is 2. The summed E-state index contributed by atoms with van der Waals surface area (Å²) in [5.41, 5.74) is 2.37. The molecule has 30 heavy (non-hydrogen) atoms. The number of benzene rings is 2. The quantitative estimate of drug-likeness (QED) is 0.466. The van der Waals surface area contributed by atoms with E-state index in [2.05, 4.69) is 5.32 Å². The Morgan fingerprint density at radius 1 is 1.10 bits per heavy atom. The van der Waals surface area contributed by atoms with Crippen LogP contribution in [0.15, 0.2) is 48.0 Å². The molecule has 0 radical (unpaired) electrons. The Bertz CT molecular complexity index is 1050. The maximum atomic E-state index is 14.7. The first kappa shape index (κ1) is 20.2. The molecule has 8 heteroatoms. The number of carbonyl (C=O) groups excluding carboxylic acids is 2. The Balaban J connectivity index is 1.64. The lowest BCUT2D eigenvalue weighted by Gasteiger charge is -2.29. The molecule has 0 unspecified atom stereocenters. The fraction of sp³-hybridized carbons (Fsp3) is 0.227. The van der Waals surface area contributed by atoms with Gasteiger partial charge in [0, 0.05) is 13.1 Å². The highest BCUT2D eigenvalue weighted by Gasteiger charge is 2.34. The zero-order valence-electron chi connectivity index (χ0n) is 16.4. The summed E-state index contributed by atoms with van der Waals surface area (Å²) >= 11 is 5.19. The van der Waals surface area contributed by atoms with Crippen LogP contribution in [0.5, 0.6) is 0 Å². The summed E-state index contributed by atoms with van der Waals surface area (Å²) in [6.07, 6.45) is 1.38. The lowest BCUT2D eigenvalue weighted by molar-refractivity contribution is -0.122. The lowest BCUT2D eigenvalue weighted by Crippen LogP contribution is -2.54. The number of rotatable bonds is 3. The van der Waals surface area contributed by atoms with Crippen LogP contribution in [-0.4, -0.2) is 43.2 Å². The largest absolute Gasteiger partial charge is 0.378 e. The zero-order chi connectivity index (χ0) is 21.3. The normalized spacial score (nSPS) is 18.7. The van der Waals surface area contributed by atoms with E-state index in [1.807, 2.05) is 24.0 Å². The third-order valence-electron chi connectivity index (χ3n) is 5.03. The van der Waals surface area contributed by atoms with Crippen molar-refractivity contribution in [3.8, 4) is 0 Å². The van der Waals surface area contributed by atoms with Crippen LogP contribution in [0.1, 0.15) is 11.1 Å². The van der Waals surface area contributed by atoms with Crippen molar-refractivity contribution in [1.82, 2.24) is 5.32 Å². The number of thiocarbonyl (C=S) groups is 1. The van der Waals surface area contributed by atoms with Crippen molar-refractivity contribution in [2.45, 2.75) is 6.92 Å². The minimum Gasteiger partial charge on any atom is -0.378 e. The van der Waals surface area contributed by atoms with E-state index in [9.17, 15) is 14.0 Å². The van der Waals surface area contributed by atoms with Gasteiger partial charge in [0.2, 0.25) is 0 Å². The van der Waals surface area contributed by atoms with Gasteiger partial charge in [0.05, 0.1) is 24.6 Å². The van der Waals surface area contributed by atoms with Gasteiger partial charge in [-0.3, -0.25) is 19.8 Å². The molecule has 2 saturated heterocycles. The smallest absolute Gasteiger partial charge is 0.270 e. The molecule has 2 aliphatic rings. The van der Waals surface area contributed by atoms with Crippen molar-refractivity contribution in [2.75, 3.05) is 36.1 Å². The number of nitrogens with one attached hydrogen (secondary N) is 1. The molecule has 2 aromatic carbocycles. The number of ether oxygens (including phenoxy) is 1. The number of morpholine rings is 1. The van der Waals surface area contributed by atoms with E-state index >= 15 is 0 Å². The molecular formula is C22H20FN3O3S. The van der Waals surface area contributed by atoms with Crippen LogP contribution >= 0.6 is 12.2 Å². The summed E-state index contributed by atoms with van der Waals surface area (Å²) in [5.74, 6) is -1.57. The van der Waals surface area contributed by atoms with Crippen molar-refractivity contribution in [3.63, 3.8) is 0 Å². The first-order valence-corrected chi connectivity index (χ1v) is 9.95. The van der Waals surface area contributed by atoms with E-state index in [1.165, 1.54) is 17.0 Å². The third-order valence-corrected chi connectivity index (χ3v) is 5.31. The highest BCUT2D eigenvalue weighted by molar-refractivity contribution is 7.80. The van der Waals surface area contributed by atoms with E-state index in [-0.39, 0.29) is 10.7 Å². The van der Waals surface area contributed by atoms with Crippen LogP contribution in [0.25, 0.3) is 6.08 Å². The van der Waals surface area contributed by atoms with Crippen LogP contribution in [0.2, 0.25) is 0 Å². The summed E-state index contributed by atoms with van der Waals surface area (Å²) in [6, 6.07) is 11.9. The number of halogens is 1. The van der Waals surface area contributed by atoms with E-state index < -0.39 is 17.6 Å². The van der Waals surface area contributed by atoms with E-state index in [1.54, 1.807) is 24.3 Å². The molecule has 4 rings (SSSR count). The summed E-state index contributed by atoms with van der Waals surface area (Å²) in [6.45, 7) is 4.26. The SMILES string of the molecule is Cc1ccc(N2C(=O)/C(=C/c3ccc(N4CCOCC4)c(F)c3)C(=O)NC2=S)cc1. The maximum Gasteiger partial charge on any atom is 0.270 e. The Morgan fingerprint density at radius 2 is 1.80 bits per heavy atom. The van der Waals surface area contributed by atoms with Gasteiger partial charge >= 0.3 is 0 Å². The van der Waals surface area contributed by atoms with Gasteiger partial charge in [0.25, 0.3) is 11.8 Å². The molecule has 0 saturated carbocycles. The summed E-state index contributed by atoms with van der Waals surface area (Å²) in [4.78, 5) is 28.6. The van der Waals surface area contributed by atoms with Crippen molar-refractivity contribution in [1.29, 1.82) is 0 Å². The monoisotopic (exact) mass is 425 g/mol. The number of amides is 2. The van der Waals surface area contributed by atoms with Gasteiger partial charge < -0.3 is 9.64 Å². The van der Waals surface area contributed by atoms with Gasteiger partial charge in [-0.1, -0.05) is 23.8 Å². The van der Waals surface area contributed by atoms with Gasteiger partial charge in [0.15, 0.2) is 5.11 Å². The Kier molecular flexibility index (Phi) is 5.61. The van der Waals surface area contributed by atoms with Gasteiger partial charge in [-0.2, -0.15) is 0 Å². The van der Waals surface area contributed by atoms with E-state index in [0.717, 1.165) is 5.56 Å². The van der Waals surface area contributed by atoms with Crippen LogP contribution in [0, 0.1) is 12.7 Å². The van der Waals surface area contributed by atoms with Gasteiger partial charge in [-0.15, -0.1) is 0 Å². The van der Waals surface area contributed by atoms with Gasteiger partial charge in [0.1, 0.15) is 11.4 Å². The second kappa shape index (κ2) is 8.33. The molecule has 2 aromatic rings. The van der Waals surface area contributed by atoms with Crippen molar-refractivity contribution in [3.05, 3.63) is 65.0 Å². The minimum atomic E-state index is -0.606. The molecule has 2 fully saturated rings. The number of hydrogen-bond donors (Lipinski definition) is 1. The van der Waals surface area contributed by atoms with Crippen molar-refractivity contribution >= 4 is 46.6 Å². The van der Waals surface area contributed by atoms with E-state index in [0.29, 0.717) is 43.2 Å². The molecular weight excluding hydrogens is 405 g/mol. The first-order chi connectivity index (χ1) is 14.4. The fourth-order valence-corrected chi connectivity index (χ4v) is 3.71. The fourth-order valence-electron chi connectivity index (χ4n) is 3.43. The number of nitrogens with zero attached hydrogens (tertiary/aromatic N) is 2. The van der Waals surface area contributed by atoms with Gasteiger partial charge in [-0.25, -0.2) is 4.39 Å². The third kappa shape index (κ3) is 3.96. The topological polar surface area (TPSA) is 61.9 Å². The highest BCUT2D eigenvalue weighted by atomic mass is 32.1. The molecule has 6 nitrogen and oxygen atoms in total. The Morgan fingerprint density at radius 3 is 2.47 bits per heavy atom. The number of aryl methyl sites for hydroxylation is 1. The lowest BCUT2D eigenvalue weighted by atomic mass is 10.1. The van der Waals surface area contributed by atoms with Crippen LogP contribution in [-0.2, 0) is 14.3 Å². The Hall–Kier alpha value is -3.10. The van der Waals surface area contributed by atoms with Gasteiger partial charge in [-0.05, 0) is 55.0 Å². The summed E-state index contributed by atoms with van der Waals surface area (Å²) in [5, 5.41) is 2.55. The second-order valence-corrected chi connectivity index (χ2v) is 7.49. The number of carbonyl (C=O) groups is 2. The molecule has 0 bridgehead atoms. The summed E-state index contributed by atoms with van der Waals surface area (Å²) in [7, 11) is 0. The first-order valence-electron chi connectivity index (χ1n) is 9.54. The highest BCUT2D eigenvalue weighted by Crippen LogP contribution is 2.25. The molecule has 0 aromatic heterocycles. The molecule has 0 aliphatic carbocycles. The van der Waals surface area contributed by atoms with Crippen molar-refractivity contribution < 1.29 is 18.7 Å². The standard InChI is InChI=1S/C22H20FN3O3S/c1-14-2-5-16(6-3-14)26-21(28)17(20(27)24-22(26)30)12-15-4-7-19(18(23)13-15)25-8-10-29-11-9-25/h2-7,12-13H,8-11H2,1H3,(H,24,27,30)/b17-12+. The number of hydrogen-bond acceptors (Lipinski definition) is 5. The second-order valence-electron chi connectivity index (χ2n) is 7.10. The molecule has 2 aliphatic heterocycles. The van der Waals surface area contributed by atoms with Crippen LogP contribution < -0.4 is 15.1 Å². The van der Waals surface area contributed by atoms with Crippen LogP contribution in [0.4, 0.5) is 15.8 Å². The molecule has 0 spiro atoms. The average Bonchev–Trinajstić information content (AvgIpc) is 2.73. The maximum absolute atomic E-state index is 14.7. The van der Waals surface area contributed by atoms with Crippen LogP contribution in [0.3, 0.4) is 0 Å². The molecule has 154 valence electrons. The summed E-state index contributed by atoms with van der Waals surface area (Å²) < 4.78 is 20.0. The molecule has 2 heterocycles. The van der Waals surface area contributed by atoms with Crippen molar-refractivity contribution in [2.24, 2.45) is 0 Å². The average molecular weight is 425 g/mol. The predicted molar refractivity (Wildman–Crippen MR) is 117 cm³/mol. The zero-order valence-corrected chi connectivity index (χ0v) is 17.2. The van der Waals surface area contributed by atoms with E-state index in [4.69, 9.17) is 17.0 Å². The minimum absolute atomic E-state index is 0.0137. The predicted octanol–water partition coefficient (Wildman–Crippen LogP) is 2.80. The molecule has 0 atom stereocenters. The molecule has 2 amide bonds.